The molecule has 20 heavy (non-hydrogen) atoms. The van der Waals surface area contributed by atoms with Crippen molar-refractivity contribution in [3.63, 3.8) is 0 Å². The number of benzene rings is 1. The van der Waals surface area contributed by atoms with Crippen LogP contribution in [0.15, 0.2) is 18.2 Å². The average molecular weight is 274 g/mol. The van der Waals surface area contributed by atoms with Crippen LogP contribution in [0.25, 0.3) is 0 Å². The van der Waals surface area contributed by atoms with Gasteiger partial charge in [0.15, 0.2) is 11.5 Å². The second-order valence-corrected chi connectivity index (χ2v) is 5.83. The molecule has 5 nitrogen and oxygen atoms in total. The second-order valence-electron chi connectivity index (χ2n) is 5.83. The van der Waals surface area contributed by atoms with E-state index in [9.17, 15) is 4.79 Å². The van der Waals surface area contributed by atoms with Crippen LogP contribution in [-0.4, -0.2) is 30.3 Å². The summed E-state index contributed by atoms with van der Waals surface area (Å²) in [5.74, 6) is 1.32. The van der Waals surface area contributed by atoms with E-state index in [-0.39, 0.29) is 18.2 Å². The summed E-state index contributed by atoms with van der Waals surface area (Å²) in [6.07, 6.45) is 3.16. The minimum Gasteiger partial charge on any atom is -0.451 e. The Hall–Kier alpha value is -1.75. The van der Waals surface area contributed by atoms with Gasteiger partial charge in [0.25, 0.3) is 5.91 Å². The summed E-state index contributed by atoms with van der Waals surface area (Å²) in [5, 5.41) is 6.65. The topological polar surface area (TPSA) is 59.6 Å². The zero-order valence-electron chi connectivity index (χ0n) is 11.4. The van der Waals surface area contributed by atoms with Crippen LogP contribution in [0.5, 0.6) is 11.5 Å². The standard InChI is InChI=1S/C15H18N2O3/c1-8-19-13-5-2-9(6-14(13)20-8)15(18)17-12-7-10-3-4-11(12)16-10/h2,5-6,8,10-12,16H,3-4,7H2,1H3,(H,17,18)/t8?,10-,11+,12-/m1/s1. The Morgan fingerprint density at radius 2 is 2.15 bits per heavy atom. The molecular formula is C15H18N2O3. The molecule has 2 saturated heterocycles. The molecule has 0 saturated carbocycles. The van der Waals surface area contributed by atoms with Crippen LogP contribution in [0.2, 0.25) is 0 Å². The lowest BCUT2D eigenvalue weighted by molar-refractivity contribution is 0.0677. The third-order valence-corrected chi connectivity index (χ3v) is 4.41. The Labute approximate surface area is 117 Å². The number of amides is 1. The molecule has 3 aliphatic heterocycles. The van der Waals surface area contributed by atoms with E-state index in [1.54, 1.807) is 18.2 Å². The van der Waals surface area contributed by atoms with Crippen LogP contribution in [0.3, 0.4) is 0 Å². The van der Waals surface area contributed by atoms with Crippen LogP contribution in [0.1, 0.15) is 36.5 Å². The van der Waals surface area contributed by atoms with Gasteiger partial charge in [0, 0.05) is 30.6 Å². The van der Waals surface area contributed by atoms with Crippen molar-refractivity contribution in [1.82, 2.24) is 10.6 Å². The Balaban J connectivity index is 1.48. The van der Waals surface area contributed by atoms with Gasteiger partial charge in [0.2, 0.25) is 6.29 Å². The third-order valence-electron chi connectivity index (χ3n) is 4.41. The van der Waals surface area contributed by atoms with Crippen molar-refractivity contribution in [1.29, 1.82) is 0 Å². The van der Waals surface area contributed by atoms with E-state index in [1.807, 2.05) is 6.92 Å². The maximum atomic E-state index is 12.3. The van der Waals surface area contributed by atoms with Gasteiger partial charge in [-0.05, 0) is 37.5 Å². The summed E-state index contributed by atoms with van der Waals surface area (Å²) in [6.45, 7) is 1.83. The lowest BCUT2D eigenvalue weighted by Gasteiger charge is -2.21. The molecule has 2 bridgehead atoms. The largest absolute Gasteiger partial charge is 0.451 e. The van der Waals surface area contributed by atoms with E-state index in [0.29, 0.717) is 29.1 Å². The summed E-state index contributed by atoms with van der Waals surface area (Å²) in [5.41, 5.74) is 0.629. The second kappa shape index (κ2) is 4.38. The van der Waals surface area contributed by atoms with E-state index in [1.165, 1.54) is 6.42 Å². The highest BCUT2D eigenvalue weighted by Gasteiger charge is 2.39. The maximum Gasteiger partial charge on any atom is 0.251 e. The molecule has 1 aromatic rings. The third kappa shape index (κ3) is 1.93. The fraction of sp³-hybridized carbons (Fsp3) is 0.533. The first-order valence-electron chi connectivity index (χ1n) is 7.23. The fourth-order valence-electron chi connectivity index (χ4n) is 3.46. The molecule has 1 aromatic carbocycles. The summed E-state index contributed by atoms with van der Waals surface area (Å²) >= 11 is 0. The predicted molar refractivity (Wildman–Crippen MR) is 73.0 cm³/mol. The van der Waals surface area contributed by atoms with E-state index in [2.05, 4.69) is 10.6 Å². The first-order chi connectivity index (χ1) is 9.69. The molecule has 0 aliphatic carbocycles. The van der Waals surface area contributed by atoms with E-state index >= 15 is 0 Å². The number of carbonyl (C=O) groups excluding carboxylic acids is 1. The fourth-order valence-corrected chi connectivity index (χ4v) is 3.46. The van der Waals surface area contributed by atoms with Crippen LogP contribution in [-0.2, 0) is 0 Å². The SMILES string of the molecule is CC1Oc2ccc(C(=O)N[C@@H]3C[C@H]4CC[C@@H]3N4)cc2O1. The van der Waals surface area contributed by atoms with Gasteiger partial charge in [0.05, 0.1) is 0 Å². The number of carbonyl (C=O) groups is 1. The smallest absolute Gasteiger partial charge is 0.251 e. The van der Waals surface area contributed by atoms with E-state index in [0.717, 1.165) is 12.8 Å². The van der Waals surface area contributed by atoms with E-state index in [4.69, 9.17) is 9.47 Å². The van der Waals surface area contributed by atoms with Gasteiger partial charge in [-0.2, -0.15) is 0 Å². The average Bonchev–Trinajstić information content (AvgIpc) is 3.10. The van der Waals surface area contributed by atoms with Gasteiger partial charge in [-0.15, -0.1) is 0 Å². The minimum absolute atomic E-state index is 0.0321. The lowest BCUT2D eigenvalue weighted by Crippen LogP contribution is -2.42. The Morgan fingerprint density at radius 1 is 1.30 bits per heavy atom. The molecule has 4 atom stereocenters. The number of rotatable bonds is 2. The van der Waals surface area contributed by atoms with Crippen LogP contribution >= 0.6 is 0 Å². The van der Waals surface area contributed by atoms with Crippen molar-refractivity contribution in [2.45, 2.75) is 50.6 Å². The van der Waals surface area contributed by atoms with Crippen molar-refractivity contribution in [3.05, 3.63) is 23.8 Å². The molecule has 3 aliphatic rings. The van der Waals surface area contributed by atoms with Gasteiger partial charge in [-0.1, -0.05) is 0 Å². The molecule has 5 heteroatoms. The molecule has 1 amide bonds. The molecule has 2 fully saturated rings. The zero-order chi connectivity index (χ0) is 13.7. The summed E-state index contributed by atoms with van der Waals surface area (Å²) < 4.78 is 11.0. The van der Waals surface area contributed by atoms with Crippen molar-refractivity contribution >= 4 is 5.91 Å². The van der Waals surface area contributed by atoms with Crippen LogP contribution < -0.4 is 20.1 Å². The molecular weight excluding hydrogens is 256 g/mol. The highest BCUT2D eigenvalue weighted by atomic mass is 16.7. The molecule has 0 aromatic heterocycles. The van der Waals surface area contributed by atoms with Gasteiger partial charge >= 0.3 is 0 Å². The number of hydrogen-bond donors (Lipinski definition) is 2. The van der Waals surface area contributed by atoms with Crippen LogP contribution in [0, 0.1) is 0 Å². The highest BCUT2D eigenvalue weighted by Crippen LogP contribution is 2.35. The quantitative estimate of drug-likeness (QED) is 0.856. The Kier molecular flexibility index (Phi) is 2.63. The van der Waals surface area contributed by atoms with E-state index < -0.39 is 0 Å². The van der Waals surface area contributed by atoms with Crippen molar-refractivity contribution in [3.8, 4) is 11.5 Å². The first-order valence-corrected chi connectivity index (χ1v) is 7.23. The summed E-state index contributed by atoms with van der Waals surface area (Å²) in [6, 6.07) is 6.63. The van der Waals surface area contributed by atoms with Crippen molar-refractivity contribution < 1.29 is 14.3 Å². The zero-order valence-corrected chi connectivity index (χ0v) is 11.4. The Bertz CT molecular complexity index is 560. The van der Waals surface area contributed by atoms with Crippen molar-refractivity contribution in [2.24, 2.45) is 0 Å². The van der Waals surface area contributed by atoms with Gasteiger partial charge in [-0.25, -0.2) is 0 Å². The molecule has 106 valence electrons. The molecule has 0 spiro atoms. The molecule has 0 radical (unpaired) electrons. The molecule has 1 unspecified atom stereocenters. The minimum atomic E-state index is -0.280. The monoisotopic (exact) mass is 274 g/mol. The normalized spacial score (nSPS) is 33.5. The van der Waals surface area contributed by atoms with Crippen LogP contribution in [0.4, 0.5) is 0 Å². The van der Waals surface area contributed by atoms with Gasteiger partial charge in [0.1, 0.15) is 0 Å². The first kappa shape index (κ1) is 12.0. The highest BCUT2D eigenvalue weighted by molar-refractivity contribution is 5.95. The molecule has 2 N–H and O–H groups in total. The summed E-state index contributed by atoms with van der Waals surface area (Å²) in [7, 11) is 0. The number of fused-ring (bicyclic) bond motifs is 3. The molecule has 3 heterocycles. The number of hydrogen-bond acceptors (Lipinski definition) is 4. The molecule has 4 rings (SSSR count). The lowest BCUT2D eigenvalue weighted by atomic mass is 9.95. The Morgan fingerprint density at radius 3 is 2.90 bits per heavy atom. The summed E-state index contributed by atoms with van der Waals surface area (Å²) in [4.78, 5) is 12.3. The number of ether oxygens (including phenoxy) is 2. The predicted octanol–water partition coefficient (Wildman–Crippen LogP) is 1.43. The maximum absolute atomic E-state index is 12.3. The van der Waals surface area contributed by atoms with Gasteiger partial charge < -0.3 is 20.1 Å². The van der Waals surface area contributed by atoms with Crippen molar-refractivity contribution in [2.75, 3.05) is 0 Å². The van der Waals surface area contributed by atoms with Gasteiger partial charge in [-0.3, -0.25) is 4.79 Å². The number of nitrogens with one attached hydrogen (secondary N) is 2.